The molecule has 2 rings (SSSR count). The molecular weight excluding hydrogens is 393 g/mol. The molecule has 0 saturated heterocycles. The van der Waals surface area contributed by atoms with E-state index in [0.717, 1.165) is 0 Å². The van der Waals surface area contributed by atoms with E-state index in [-0.39, 0.29) is 55.4 Å². The minimum absolute atomic E-state index is 0. The normalized spacial score (nSPS) is 14.9. The summed E-state index contributed by atoms with van der Waals surface area (Å²) >= 11 is 0. The number of rotatable bonds is 5. The molecule has 1 aliphatic rings. The minimum atomic E-state index is -0.920. The Bertz CT molecular complexity index is 552. The van der Waals surface area contributed by atoms with E-state index in [2.05, 4.69) is 4.98 Å². The molecule has 0 fully saturated rings. The van der Waals surface area contributed by atoms with Gasteiger partial charge in [-0.2, -0.15) is 4.98 Å². The second kappa shape index (κ2) is 7.24. The smallest absolute Gasteiger partial charge is 0.280 e. The summed E-state index contributed by atoms with van der Waals surface area (Å²) in [5.41, 5.74) is 5.94. The summed E-state index contributed by atoms with van der Waals surface area (Å²) in [6.45, 7) is 0.235. The lowest BCUT2D eigenvalue weighted by Gasteiger charge is -2.19. The first-order valence-electron chi connectivity index (χ1n) is 6.15. The lowest BCUT2D eigenvalue weighted by molar-refractivity contribution is 0.00677. The van der Waals surface area contributed by atoms with Crippen LogP contribution in [0.1, 0.15) is 0 Å². The predicted octanol–water partition coefficient (Wildman–Crippen LogP) is -1.48. The van der Waals surface area contributed by atoms with Gasteiger partial charge >= 0.3 is 0 Å². The van der Waals surface area contributed by atoms with Gasteiger partial charge in [-0.3, -0.25) is 9.36 Å². The highest BCUT2D eigenvalue weighted by Crippen LogP contribution is 2.29. The molecule has 0 radical (unpaired) electrons. The summed E-state index contributed by atoms with van der Waals surface area (Å²) in [4.78, 5) is 19.8. The monoisotopic (exact) mass is 413 g/mol. The summed E-state index contributed by atoms with van der Waals surface area (Å²) in [5, 5.41) is 17.9. The maximum absolute atomic E-state index is 12.1. The van der Waals surface area contributed by atoms with E-state index in [9.17, 15) is 9.90 Å². The Kier molecular flexibility index (Phi) is 6.19. The lowest BCUT2D eigenvalue weighted by atomic mass is 10.4. The van der Waals surface area contributed by atoms with Gasteiger partial charge in [0.15, 0.2) is 5.82 Å². The molecule has 0 aliphatic carbocycles. The molecule has 120 valence electrons. The van der Waals surface area contributed by atoms with Gasteiger partial charge in [-0.25, -0.2) is 0 Å². The van der Waals surface area contributed by atoms with Crippen molar-refractivity contribution in [3.8, 4) is 0 Å². The van der Waals surface area contributed by atoms with Crippen molar-refractivity contribution in [1.29, 1.82) is 0 Å². The number of halogens is 1. The van der Waals surface area contributed by atoms with Gasteiger partial charge < -0.3 is 30.5 Å². The Labute approximate surface area is 138 Å². The average molecular weight is 413 g/mol. The summed E-state index contributed by atoms with van der Waals surface area (Å²) in [6, 6.07) is 0. The van der Waals surface area contributed by atoms with E-state index in [1.54, 1.807) is 23.9 Å². The Morgan fingerprint density at radius 2 is 2.14 bits per heavy atom. The molecule has 0 aromatic carbocycles. The fraction of sp³-hybridized carbons (Fsp3) is 0.636. The zero-order chi connectivity index (χ0) is 14.9. The van der Waals surface area contributed by atoms with E-state index >= 15 is 0 Å². The number of ether oxygens (including phenoxy) is 1. The highest BCUT2D eigenvalue weighted by atomic mass is 127. The van der Waals surface area contributed by atoms with Crippen LogP contribution >= 0.6 is 24.0 Å². The Balaban J connectivity index is 0.00000220. The molecule has 0 spiro atoms. The van der Waals surface area contributed by atoms with Gasteiger partial charge in [-0.15, -0.1) is 24.0 Å². The van der Waals surface area contributed by atoms with E-state index in [4.69, 9.17) is 15.6 Å². The predicted molar refractivity (Wildman–Crippen MR) is 89.0 cm³/mol. The van der Waals surface area contributed by atoms with Gasteiger partial charge in [0, 0.05) is 14.1 Å². The minimum Gasteiger partial charge on any atom is -0.394 e. The zero-order valence-electron chi connectivity index (χ0n) is 11.9. The fourth-order valence-electron chi connectivity index (χ4n) is 2.00. The van der Waals surface area contributed by atoms with E-state index in [0.29, 0.717) is 18.2 Å². The molecule has 1 unspecified atom stereocenters. The Hall–Kier alpha value is -1.11. The number of hydrogen-bond donors (Lipinski definition) is 3. The van der Waals surface area contributed by atoms with Crippen molar-refractivity contribution in [3.05, 3.63) is 10.4 Å². The Morgan fingerprint density at radius 3 is 2.76 bits per heavy atom. The summed E-state index contributed by atoms with van der Waals surface area (Å²) in [5.74, 6) is 0.594. The number of aliphatic hydroxyl groups is 2. The SMILES string of the molecule is CN1CN(COCC(O)CO)c2nc(N)n(C)c(=O)c21.I. The first-order valence-corrected chi connectivity index (χ1v) is 6.15. The van der Waals surface area contributed by atoms with Gasteiger partial charge in [0.25, 0.3) is 5.56 Å². The molecule has 0 saturated carbocycles. The van der Waals surface area contributed by atoms with Crippen molar-refractivity contribution in [2.75, 3.05) is 49.2 Å². The number of aromatic nitrogens is 2. The van der Waals surface area contributed by atoms with E-state index in [1.807, 2.05) is 0 Å². The number of nitrogen functional groups attached to an aromatic ring is 1. The number of anilines is 3. The molecule has 1 atom stereocenters. The van der Waals surface area contributed by atoms with Crippen LogP contribution in [-0.4, -0.2) is 59.5 Å². The van der Waals surface area contributed by atoms with Gasteiger partial charge in [0.2, 0.25) is 5.95 Å². The molecule has 21 heavy (non-hydrogen) atoms. The van der Waals surface area contributed by atoms with Gasteiger partial charge in [0.1, 0.15) is 18.5 Å². The maximum atomic E-state index is 12.1. The topological polar surface area (TPSA) is 117 Å². The second-order valence-corrected chi connectivity index (χ2v) is 4.72. The van der Waals surface area contributed by atoms with Crippen LogP contribution in [0.3, 0.4) is 0 Å². The van der Waals surface area contributed by atoms with Crippen molar-refractivity contribution in [3.63, 3.8) is 0 Å². The van der Waals surface area contributed by atoms with Crippen LogP contribution in [-0.2, 0) is 11.8 Å². The van der Waals surface area contributed by atoms with Crippen LogP contribution < -0.4 is 21.1 Å². The van der Waals surface area contributed by atoms with Crippen molar-refractivity contribution >= 4 is 41.4 Å². The quantitative estimate of drug-likeness (QED) is 0.501. The van der Waals surface area contributed by atoms with Crippen LogP contribution in [0.2, 0.25) is 0 Å². The summed E-state index contributed by atoms with van der Waals surface area (Å²) in [7, 11) is 3.34. The third kappa shape index (κ3) is 3.56. The number of nitrogens with two attached hydrogens (primary N) is 1. The number of nitrogens with zero attached hydrogens (tertiary/aromatic N) is 4. The van der Waals surface area contributed by atoms with E-state index < -0.39 is 6.10 Å². The molecule has 10 heteroatoms. The van der Waals surface area contributed by atoms with Gasteiger partial charge in [0.05, 0.1) is 19.9 Å². The summed E-state index contributed by atoms with van der Waals surface area (Å²) in [6.07, 6.45) is -0.920. The second-order valence-electron chi connectivity index (χ2n) is 4.72. The number of fused-ring (bicyclic) bond motifs is 1. The van der Waals surface area contributed by atoms with Crippen molar-refractivity contribution < 1.29 is 14.9 Å². The van der Waals surface area contributed by atoms with Crippen LogP contribution in [0, 0.1) is 0 Å². The largest absolute Gasteiger partial charge is 0.394 e. The van der Waals surface area contributed by atoms with Gasteiger partial charge in [-0.05, 0) is 0 Å². The highest BCUT2D eigenvalue weighted by molar-refractivity contribution is 14.0. The van der Waals surface area contributed by atoms with Gasteiger partial charge in [-0.1, -0.05) is 0 Å². The molecule has 9 nitrogen and oxygen atoms in total. The summed E-state index contributed by atoms with van der Waals surface area (Å²) < 4.78 is 6.57. The van der Waals surface area contributed by atoms with Crippen LogP contribution in [0.25, 0.3) is 0 Å². The third-order valence-electron chi connectivity index (χ3n) is 3.12. The van der Waals surface area contributed by atoms with Crippen molar-refractivity contribution in [2.45, 2.75) is 6.10 Å². The maximum Gasteiger partial charge on any atom is 0.280 e. The van der Waals surface area contributed by atoms with Crippen LogP contribution in [0.5, 0.6) is 0 Å². The molecule has 0 bridgehead atoms. The number of hydrogen-bond acceptors (Lipinski definition) is 8. The highest BCUT2D eigenvalue weighted by Gasteiger charge is 2.29. The first kappa shape index (κ1) is 17.9. The molecule has 0 amide bonds. The molecule has 1 aromatic heterocycles. The zero-order valence-corrected chi connectivity index (χ0v) is 14.2. The standard InChI is InChI=1S/C11H19N5O4.HI/c1-14-5-16(6-20-4-7(18)3-17)9-8(14)10(19)15(2)11(12)13-9;/h7,17-18H,3-6H2,1-2H3,(H2,12,13);1H. The van der Waals surface area contributed by atoms with Crippen molar-refractivity contribution in [1.82, 2.24) is 9.55 Å². The number of aliphatic hydroxyl groups excluding tert-OH is 2. The van der Waals surface area contributed by atoms with Crippen molar-refractivity contribution in [2.24, 2.45) is 7.05 Å². The Morgan fingerprint density at radius 1 is 1.48 bits per heavy atom. The van der Waals surface area contributed by atoms with Crippen LogP contribution in [0.15, 0.2) is 4.79 Å². The molecule has 1 aromatic rings. The van der Waals surface area contributed by atoms with Crippen LogP contribution in [0.4, 0.5) is 17.5 Å². The molecule has 2 heterocycles. The first-order chi connectivity index (χ1) is 9.45. The third-order valence-corrected chi connectivity index (χ3v) is 3.12. The fourth-order valence-corrected chi connectivity index (χ4v) is 2.00. The van der Waals surface area contributed by atoms with E-state index in [1.165, 1.54) is 4.57 Å². The molecular formula is C11H20IN5O4. The molecule has 4 N–H and O–H groups in total. The lowest BCUT2D eigenvalue weighted by Crippen LogP contribution is -2.32. The molecule has 1 aliphatic heterocycles. The average Bonchev–Trinajstić information content (AvgIpc) is 2.72.